The Bertz CT molecular complexity index is 629. The summed E-state index contributed by atoms with van der Waals surface area (Å²) >= 11 is 0. The number of carbonyl (C=O) groups is 2. The third-order valence-electron chi connectivity index (χ3n) is 5.94. The van der Waals surface area contributed by atoms with Gasteiger partial charge in [0, 0.05) is 18.5 Å². The molecule has 2 aliphatic rings. The molecule has 136 valence electrons. The third-order valence-corrected chi connectivity index (χ3v) is 5.94. The van der Waals surface area contributed by atoms with Crippen molar-refractivity contribution in [3.8, 4) is 0 Å². The highest BCUT2D eigenvalue weighted by Gasteiger charge is 2.43. The molecule has 2 fully saturated rings. The van der Waals surface area contributed by atoms with Crippen LogP contribution >= 0.6 is 0 Å². The summed E-state index contributed by atoms with van der Waals surface area (Å²) in [5.74, 6) is -0.351. The molecule has 0 spiro atoms. The summed E-state index contributed by atoms with van der Waals surface area (Å²) in [6.07, 6.45) is 9.57. The lowest BCUT2D eigenvalue weighted by molar-refractivity contribution is -0.117. The van der Waals surface area contributed by atoms with Crippen LogP contribution in [0.4, 0.5) is 5.69 Å². The molecule has 0 bridgehead atoms. The second-order valence-electron chi connectivity index (χ2n) is 7.46. The first-order valence-corrected chi connectivity index (χ1v) is 9.23. The van der Waals surface area contributed by atoms with Gasteiger partial charge in [-0.05, 0) is 57.2 Å². The molecule has 0 radical (unpaired) electrons. The van der Waals surface area contributed by atoms with Crippen molar-refractivity contribution in [1.82, 2.24) is 9.88 Å². The number of aromatic carboxylic acids is 1. The number of carboxylic acids is 1. The summed E-state index contributed by atoms with van der Waals surface area (Å²) in [4.78, 5) is 29.4. The van der Waals surface area contributed by atoms with Crippen LogP contribution in [0.1, 0.15) is 62.4 Å². The molecule has 0 aromatic carbocycles. The number of rotatable bonds is 5. The van der Waals surface area contributed by atoms with Gasteiger partial charge in [0.05, 0.1) is 11.9 Å². The number of aromatic nitrogens is 1. The van der Waals surface area contributed by atoms with Gasteiger partial charge in [-0.15, -0.1) is 0 Å². The lowest BCUT2D eigenvalue weighted by Gasteiger charge is -2.53. The van der Waals surface area contributed by atoms with Gasteiger partial charge in [-0.25, -0.2) is 9.78 Å². The summed E-state index contributed by atoms with van der Waals surface area (Å²) in [6.45, 7) is 4.23. The fraction of sp³-hybridized carbons (Fsp3) is 0.632. The van der Waals surface area contributed by atoms with Crippen molar-refractivity contribution in [2.45, 2.75) is 57.4 Å². The van der Waals surface area contributed by atoms with Crippen molar-refractivity contribution in [2.24, 2.45) is 5.92 Å². The van der Waals surface area contributed by atoms with Gasteiger partial charge >= 0.3 is 5.97 Å². The highest BCUT2D eigenvalue weighted by molar-refractivity contribution is 5.91. The molecule has 6 heteroatoms. The first-order valence-electron chi connectivity index (χ1n) is 9.23. The molecule has 1 aromatic heterocycles. The van der Waals surface area contributed by atoms with Gasteiger partial charge in [-0.2, -0.15) is 0 Å². The Morgan fingerprint density at radius 1 is 1.32 bits per heavy atom. The summed E-state index contributed by atoms with van der Waals surface area (Å²) in [6, 6.07) is 2.98. The second kappa shape index (κ2) is 7.52. The monoisotopic (exact) mass is 345 g/mol. The molecule has 1 saturated carbocycles. The topological polar surface area (TPSA) is 82.5 Å². The molecule has 2 atom stereocenters. The van der Waals surface area contributed by atoms with Crippen LogP contribution in [0, 0.1) is 5.92 Å². The van der Waals surface area contributed by atoms with E-state index in [1.54, 1.807) is 6.07 Å². The number of pyridine rings is 1. The van der Waals surface area contributed by atoms with Crippen LogP contribution in [-0.2, 0) is 4.79 Å². The number of hydrogen-bond acceptors (Lipinski definition) is 4. The van der Waals surface area contributed by atoms with E-state index in [2.05, 4.69) is 22.1 Å². The summed E-state index contributed by atoms with van der Waals surface area (Å²) in [7, 11) is 0. The zero-order valence-electron chi connectivity index (χ0n) is 14.8. The minimum Gasteiger partial charge on any atom is -0.477 e. The van der Waals surface area contributed by atoms with Gasteiger partial charge in [0.15, 0.2) is 0 Å². The maximum Gasteiger partial charge on any atom is 0.354 e. The Morgan fingerprint density at radius 2 is 2.12 bits per heavy atom. The minimum atomic E-state index is -1.07. The lowest BCUT2D eigenvalue weighted by atomic mass is 9.68. The largest absolute Gasteiger partial charge is 0.477 e. The standard InChI is InChI=1S/C19H27N3O3/c1-19-10-3-2-5-14(19)6-4-11-22(19)12-9-17(23)21-15-7-8-16(18(24)25)20-13-15/h7-8,13-14H,2-6,9-12H2,1H3,(H,21,23)(H,24,25)/t14-,19+/m0/s1. The molecule has 1 amide bonds. The van der Waals surface area contributed by atoms with E-state index in [9.17, 15) is 9.59 Å². The van der Waals surface area contributed by atoms with Crippen LogP contribution in [0.3, 0.4) is 0 Å². The van der Waals surface area contributed by atoms with Gasteiger partial charge in [0.1, 0.15) is 5.69 Å². The van der Waals surface area contributed by atoms with E-state index < -0.39 is 5.97 Å². The van der Waals surface area contributed by atoms with Crippen LogP contribution in [0.15, 0.2) is 18.3 Å². The molecule has 0 unspecified atom stereocenters. The summed E-state index contributed by atoms with van der Waals surface area (Å²) in [5.41, 5.74) is 0.763. The van der Waals surface area contributed by atoms with Gasteiger partial charge in [0.2, 0.25) is 5.91 Å². The number of fused-ring (bicyclic) bond motifs is 1. The van der Waals surface area contributed by atoms with Crippen molar-refractivity contribution in [2.75, 3.05) is 18.4 Å². The van der Waals surface area contributed by atoms with E-state index in [0.717, 1.165) is 19.0 Å². The second-order valence-corrected chi connectivity index (χ2v) is 7.46. The Labute approximate surface area is 148 Å². The Hall–Kier alpha value is -1.95. The molecule has 3 rings (SSSR count). The Balaban J connectivity index is 1.53. The number of piperidine rings is 1. The molecule has 1 aromatic rings. The molecule has 1 aliphatic heterocycles. The van der Waals surface area contributed by atoms with E-state index in [1.807, 2.05) is 0 Å². The van der Waals surface area contributed by atoms with E-state index >= 15 is 0 Å². The van der Waals surface area contributed by atoms with Crippen LogP contribution in [-0.4, -0.2) is 45.5 Å². The molecule has 2 heterocycles. The maximum absolute atomic E-state index is 12.3. The number of hydrogen-bond donors (Lipinski definition) is 2. The van der Waals surface area contributed by atoms with Gasteiger partial charge in [-0.3, -0.25) is 9.69 Å². The summed E-state index contributed by atoms with van der Waals surface area (Å²) in [5, 5.41) is 11.7. The Kier molecular flexibility index (Phi) is 5.37. The lowest BCUT2D eigenvalue weighted by Crippen LogP contribution is -2.57. The van der Waals surface area contributed by atoms with Crippen molar-refractivity contribution in [3.63, 3.8) is 0 Å². The highest BCUT2D eigenvalue weighted by atomic mass is 16.4. The molecule has 1 saturated heterocycles. The molecule has 25 heavy (non-hydrogen) atoms. The number of nitrogens with one attached hydrogen (secondary N) is 1. The van der Waals surface area contributed by atoms with E-state index in [-0.39, 0.29) is 17.1 Å². The molecule has 2 N–H and O–H groups in total. The first kappa shape index (κ1) is 17.9. The fourth-order valence-electron chi connectivity index (χ4n) is 4.47. The van der Waals surface area contributed by atoms with Crippen LogP contribution in [0.5, 0.6) is 0 Å². The van der Waals surface area contributed by atoms with Gasteiger partial charge in [-0.1, -0.05) is 12.8 Å². The number of carbonyl (C=O) groups excluding carboxylic acids is 1. The first-order chi connectivity index (χ1) is 12.0. The summed E-state index contributed by atoms with van der Waals surface area (Å²) < 4.78 is 0. The minimum absolute atomic E-state index is 0.0254. The number of nitrogens with zero attached hydrogens (tertiary/aromatic N) is 2. The van der Waals surface area contributed by atoms with Crippen molar-refractivity contribution in [3.05, 3.63) is 24.0 Å². The van der Waals surface area contributed by atoms with E-state index in [0.29, 0.717) is 12.1 Å². The number of likely N-dealkylation sites (tertiary alicyclic amines) is 1. The molecule has 6 nitrogen and oxygen atoms in total. The van der Waals surface area contributed by atoms with Crippen LogP contribution in [0.25, 0.3) is 0 Å². The average Bonchev–Trinajstić information content (AvgIpc) is 2.60. The van der Waals surface area contributed by atoms with E-state index in [1.165, 1.54) is 50.8 Å². The predicted octanol–water partition coefficient (Wildman–Crippen LogP) is 3.15. The van der Waals surface area contributed by atoms with Gasteiger partial charge < -0.3 is 10.4 Å². The Morgan fingerprint density at radius 3 is 2.84 bits per heavy atom. The molecular formula is C19H27N3O3. The number of amides is 1. The van der Waals surface area contributed by atoms with Gasteiger partial charge in [0.25, 0.3) is 0 Å². The van der Waals surface area contributed by atoms with Crippen LogP contribution in [0.2, 0.25) is 0 Å². The average molecular weight is 345 g/mol. The molecule has 1 aliphatic carbocycles. The van der Waals surface area contributed by atoms with Crippen molar-refractivity contribution < 1.29 is 14.7 Å². The number of anilines is 1. The fourth-order valence-corrected chi connectivity index (χ4v) is 4.47. The van der Waals surface area contributed by atoms with Crippen molar-refractivity contribution in [1.29, 1.82) is 0 Å². The SMILES string of the molecule is C[C@@]12CCCC[C@H]1CCCN2CCC(=O)Nc1ccc(C(=O)O)nc1. The maximum atomic E-state index is 12.3. The smallest absolute Gasteiger partial charge is 0.354 e. The number of carboxylic acid groups (broad SMARTS) is 1. The predicted molar refractivity (Wildman–Crippen MR) is 95.6 cm³/mol. The van der Waals surface area contributed by atoms with Crippen LogP contribution < -0.4 is 5.32 Å². The van der Waals surface area contributed by atoms with Crippen molar-refractivity contribution >= 4 is 17.6 Å². The zero-order chi connectivity index (χ0) is 17.9. The third kappa shape index (κ3) is 4.00. The van der Waals surface area contributed by atoms with E-state index in [4.69, 9.17) is 5.11 Å². The zero-order valence-corrected chi connectivity index (χ0v) is 14.8. The highest BCUT2D eigenvalue weighted by Crippen LogP contribution is 2.43. The normalized spacial score (nSPS) is 26.7. The quantitative estimate of drug-likeness (QED) is 0.856. The molecular weight excluding hydrogens is 318 g/mol.